The zero-order valence-corrected chi connectivity index (χ0v) is 12.9. The molecule has 2 aromatic rings. The van der Waals surface area contributed by atoms with Gasteiger partial charge in [0, 0.05) is 17.0 Å². The van der Waals surface area contributed by atoms with E-state index in [9.17, 15) is 0 Å². The van der Waals surface area contributed by atoms with Crippen LogP contribution in [0.3, 0.4) is 0 Å². The number of benzene rings is 1. The summed E-state index contributed by atoms with van der Waals surface area (Å²) >= 11 is 1.66. The number of ether oxygens (including phenoxy) is 2. The smallest absolute Gasteiger partial charge is 0.166 e. The molecular formula is C15H20N2O2S. The van der Waals surface area contributed by atoms with Gasteiger partial charge < -0.3 is 15.2 Å². The molecule has 0 bridgehead atoms. The lowest BCUT2D eigenvalue weighted by molar-refractivity contribution is 0.266. The third kappa shape index (κ3) is 3.29. The molecule has 2 N–H and O–H groups in total. The maximum Gasteiger partial charge on any atom is 0.166 e. The highest BCUT2D eigenvalue weighted by Gasteiger charge is 2.12. The minimum atomic E-state index is 0.423. The van der Waals surface area contributed by atoms with Gasteiger partial charge >= 0.3 is 0 Å². The first-order chi connectivity index (χ1) is 9.65. The van der Waals surface area contributed by atoms with Gasteiger partial charge in [0.2, 0.25) is 0 Å². The molecule has 1 aromatic heterocycles. The predicted molar refractivity (Wildman–Crippen MR) is 81.4 cm³/mol. The van der Waals surface area contributed by atoms with Crippen LogP contribution in [-0.4, -0.2) is 11.6 Å². The molecule has 0 fully saturated rings. The van der Waals surface area contributed by atoms with Crippen LogP contribution in [0.2, 0.25) is 0 Å². The van der Waals surface area contributed by atoms with E-state index in [-0.39, 0.29) is 0 Å². The molecule has 0 unspecified atom stereocenters. The highest BCUT2D eigenvalue weighted by molar-refractivity contribution is 7.11. The quantitative estimate of drug-likeness (QED) is 0.888. The van der Waals surface area contributed by atoms with Gasteiger partial charge in [0.15, 0.2) is 11.5 Å². The van der Waals surface area contributed by atoms with Gasteiger partial charge in [-0.1, -0.05) is 12.1 Å². The van der Waals surface area contributed by atoms with Gasteiger partial charge in [-0.25, -0.2) is 4.98 Å². The number of aromatic nitrogens is 1. The summed E-state index contributed by atoms with van der Waals surface area (Å²) in [6.45, 7) is 7.49. The zero-order chi connectivity index (χ0) is 14.5. The standard InChI is InChI=1S/C15H20N2O2S/c1-4-18-13-7-5-6-12(8-16)15(13)19-9-14-17-10(2)11(3)20-14/h5-7H,4,8-9,16H2,1-3H3. The number of nitrogens with zero attached hydrogens (tertiary/aromatic N) is 1. The van der Waals surface area contributed by atoms with Crippen LogP contribution >= 0.6 is 11.3 Å². The van der Waals surface area contributed by atoms with Crippen molar-refractivity contribution in [2.24, 2.45) is 5.73 Å². The highest BCUT2D eigenvalue weighted by Crippen LogP contribution is 2.32. The molecule has 0 saturated heterocycles. The van der Waals surface area contributed by atoms with Crippen molar-refractivity contribution >= 4 is 11.3 Å². The third-order valence-corrected chi connectivity index (χ3v) is 4.04. The van der Waals surface area contributed by atoms with Crippen LogP contribution in [0.1, 0.15) is 28.1 Å². The Hall–Kier alpha value is -1.59. The van der Waals surface area contributed by atoms with Gasteiger partial charge in [0.05, 0.1) is 12.3 Å². The lowest BCUT2D eigenvalue weighted by atomic mass is 10.2. The van der Waals surface area contributed by atoms with Crippen molar-refractivity contribution in [1.29, 1.82) is 0 Å². The van der Waals surface area contributed by atoms with Gasteiger partial charge in [-0.3, -0.25) is 0 Å². The normalized spacial score (nSPS) is 10.6. The summed E-state index contributed by atoms with van der Waals surface area (Å²) in [6, 6.07) is 5.78. The van der Waals surface area contributed by atoms with Crippen molar-refractivity contribution in [1.82, 2.24) is 4.98 Å². The van der Waals surface area contributed by atoms with Crippen LogP contribution < -0.4 is 15.2 Å². The molecule has 2 rings (SSSR count). The van der Waals surface area contributed by atoms with E-state index in [0.29, 0.717) is 19.8 Å². The summed E-state index contributed by atoms with van der Waals surface area (Å²) in [5, 5.41) is 0.967. The van der Waals surface area contributed by atoms with Crippen molar-refractivity contribution in [2.75, 3.05) is 6.61 Å². The second kappa shape index (κ2) is 6.72. The van der Waals surface area contributed by atoms with Gasteiger partial charge in [-0.15, -0.1) is 11.3 Å². The highest BCUT2D eigenvalue weighted by atomic mass is 32.1. The summed E-state index contributed by atoms with van der Waals surface area (Å²) in [5.41, 5.74) is 7.77. The average Bonchev–Trinajstić information content (AvgIpc) is 2.76. The Morgan fingerprint density at radius 1 is 1.25 bits per heavy atom. The zero-order valence-electron chi connectivity index (χ0n) is 12.1. The maximum atomic E-state index is 5.91. The molecule has 1 heterocycles. The Labute approximate surface area is 123 Å². The molecule has 0 aliphatic carbocycles. The van der Waals surface area contributed by atoms with Crippen molar-refractivity contribution in [3.63, 3.8) is 0 Å². The maximum absolute atomic E-state index is 5.91. The number of thiazole rings is 1. The average molecular weight is 292 g/mol. The summed E-state index contributed by atoms with van der Waals surface area (Å²) in [5.74, 6) is 1.46. The Balaban J connectivity index is 2.18. The molecule has 0 atom stereocenters. The Bertz CT molecular complexity index is 562. The molecule has 0 spiro atoms. The topological polar surface area (TPSA) is 57.4 Å². The summed E-state index contributed by atoms with van der Waals surface area (Å²) in [7, 11) is 0. The molecule has 1 aromatic carbocycles. The van der Waals surface area contributed by atoms with E-state index in [1.807, 2.05) is 32.0 Å². The van der Waals surface area contributed by atoms with E-state index in [1.54, 1.807) is 11.3 Å². The molecule has 0 radical (unpaired) electrons. The fourth-order valence-corrected chi connectivity index (χ4v) is 2.74. The molecular weight excluding hydrogens is 272 g/mol. The van der Waals surface area contributed by atoms with Gasteiger partial charge in [-0.05, 0) is 26.8 Å². The molecule has 5 heteroatoms. The molecule has 0 amide bonds. The largest absolute Gasteiger partial charge is 0.490 e. The van der Waals surface area contributed by atoms with Gasteiger partial charge in [-0.2, -0.15) is 0 Å². The van der Waals surface area contributed by atoms with Crippen LogP contribution in [0.15, 0.2) is 18.2 Å². The molecule has 4 nitrogen and oxygen atoms in total. The number of para-hydroxylation sites is 1. The Morgan fingerprint density at radius 2 is 2.05 bits per heavy atom. The summed E-state index contributed by atoms with van der Waals surface area (Å²) < 4.78 is 11.5. The van der Waals surface area contributed by atoms with E-state index < -0.39 is 0 Å². The predicted octanol–water partition coefficient (Wildman–Crippen LogP) is 3.20. The molecule has 0 aliphatic rings. The van der Waals surface area contributed by atoms with E-state index in [4.69, 9.17) is 15.2 Å². The van der Waals surface area contributed by atoms with Crippen LogP contribution in [0.4, 0.5) is 0 Å². The van der Waals surface area contributed by atoms with Crippen LogP contribution in [0.5, 0.6) is 11.5 Å². The first-order valence-corrected chi connectivity index (χ1v) is 7.47. The number of hydrogen-bond acceptors (Lipinski definition) is 5. The van der Waals surface area contributed by atoms with E-state index in [2.05, 4.69) is 11.9 Å². The minimum absolute atomic E-state index is 0.423. The van der Waals surface area contributed by atoms with Gasteiger partial charge in [0.1, 0.15) is 11.6 Å². The molecule has 0 aliphatic heterocycles. The number of hydrogen-bond donors (Lipinski definition) is 1. The summed E-state index contributed by atoms with van der Waals surface area (Å²) in [6.07, 6.45) is 0. The molecule has 20 heavy (non-hydrogen) atoms. The fourth-order valence-electron chi connectivity index (χ4n) is 1.89. The lowest BCUT2D eigenvalue weighted by Crippen LogP contribution is -2.05. The van der Waals surface area contributed by atoms with Crippen LogP contribution in [0.25, 0.3) is 0 Å². The Kier molecular flexibility index (Phi) is 4.98. The number of rotatable bonds is 6. The first kappa shape index (κ1) is 14.8. The first-order valence-electron chi connectivity index (χ1n) is 6.66. The molecule has 0 saturated carbocycles. The van der Waals surface area contributed by atoms with Crippen LogP contribution in [-0.2, 0) is 13.2 Å². The van der Waals surface area contributed by atoms with Crippen molar-refractivity contribution in [2.45, 2.75) is 33.9 Å². The van der Waals surface area contributed by atoms with Crippen molar-refractivity contribution in [3.8, 4) is 11.5 Å². The SMILES string of the molecule is CCOc1cccc(CN)c1OCc1nc(C)c(C)s1. The monoisotopic (exact) mass is 292 g/mol. The van der Waals surface area contributed by atoms with Crippen molar-refractivity contribution in [3.05, 3.63) is 39.3 Å². The fraction of sp³-hybridized carbons (Fsp3) is 0.400. The Morgan fingerprint density at radius 3 is 2.65 bits per heavy atom. The number of aryl methyl sites for hydroxylation is 2. The van der Waals surface area contributed by atoms with E-state index in [1.165, 1.54) is 4.88 Å². The summed E-state index contributed by atoms with van der Waals surface area (Å²) in [4.78, 5) is 5.70. The number of nitrogens with two attached hydrogens (primary N) is 1. The third-order valence-electron chi connectivity index (χ3n) is 2.99. The van der Waals surface area contributed by atoms with Gasteiger partial charge in [0.25, 0.3) is 0 Å². The van der Waals surface area contributed by atoms with Crippen molar-refractivity contribution < 1.29 is 9.47 Å². The second-order valence-electron chi connectivity index (χ2n) is 4.42. The minimum Gasteiger partial charge on any atom is -0.490 e. The van der Waals surface area contributed by atoms with Crippen LogP contribution in [0, 0.1) is 13.8 Å². The van der Waals surface area contributed by atoms with E-state index >= 15 is 0 Å². The lowest BCUT2D eigenvalue weighted by Gasteiger charge is -2.14. The second-order valence-corrected chi connectivity index (χ2v) is 5.71. The van der Waals surface area contributed by atoms with E-state index in [0.717, 1.165) is 27.8 Å². The molecule has 108 valence electrons.